The monoisotopic (exact) mass is 546 g/mol. The fourth-order valence-corrected chi connectivity index (χ4v) is 5.13. The van der Waals surface area contributed by atoms with Crippen molar-refractivity contribution in [3.8, 4) is 0 Å². The summed E-state index contributed by atoms with van der Waals surface area (Å²) in [5.41, 5.74) is 5.85. The fraction of sp³-hybridized carbons (Fsp3) is 0.652. The first-order valence-corrected chi connectivity index (χ1v) is 10.9. The molecule has 0 radical (unpaired) electrons. The minimum absolute atomic E-state index is 0. The highest BCUT2D eigenvalue weighted by Gasteiger charge is 2.35. The van der Waals surface area contributed by atoms with E-state index in [0.717, 1.165) is 39.1 Å². The quantitative estimate of drug-likeness (QED) is 0.481. The van der Waals surface area contributed by atoms with Gasteiger partial charge in [-0.3, -0.25) is 4.90 Å². The third-order valence-corrected chi connectivity index (χ3v) is 6.42. The molecule has 2 aromatic rings. The number of aryl methyl sites for hydroxylation is 2. The summed E-state index contributed by atoms with van der Waals surface area (Å²) in [7, 11) is 4.20. The molecule has 0 saturated heterocycles. The number of hydrogen-bond donors (Lipinski definition) is 2. The van der Waals surface area contributed by atoms with Gasteiger partial charge in [0.05, 0.1) is 12.1 Å². The van der Waals surface area contributed by atoms with E-state index in [9.17, 15) is 5.11 Å². The molecule has 2 unspecified atom stereocenters. The highest BCUT2D eigenvalue weighted by Crippen LogP contribution is 2.42. The van der Waals surface area contributed by atoms with E-state index >= 15 is 0 Å². The van der Waals surface area contributed by atoms with Gasteiger partial charge in [0.2, 0.25) is 0 Å². The first-order chi connectivity index (χ1) is 13.5. The van der Waals surface area contributed by atoms with E-state index in [2.05, 4.69) is 58.9 Å². The molecule has 1 aliphatic heterocycles. The fourth-order valence-electron chi connectivity index (χ4n) is 5.13. The van der Waals surface area contributed by atoms with Gasteiger partial charge < -0.3 is 36.3 Å². The van der Waals surface area contributed by atoms with Crippen molar-refractivity contribution < 1.29 is 21.5 Å². The number of benzene rings is 1. The van der Waals surface area contributed by atoms with Crippen molar-refractivity contribution in [3.63, 3.8) is 0 Å². The summed E-state index contributed by atoms with van der Waals surface area (Å²) in [6.07, 6.45) is 4.48. The summed E-state index contributed by atoms with van der Waals surface area (Å²) in [5.74, 6) is 0. The van der Waals surface area contributed by atoms with Crippen molar-refractivity contribution in [2.24, 2.45) is 0 Å². The lowest BCUT2D eigenvalue weighted by Crippen LogP contribution is -2.45. The molecule has 2 aliphatic rings. The molecule has 1 aliphatic carbocycles. The normalized spacial score (nSPS) is 17.0. The zero-order valence-electron chi connectivity index (χ0n) is 20.5. The molecule has 0 amide bonds. The van der Waals surface area contributed by atoms with E-state index < -0.39 is 0 Å². The molecule has 1 aromatic heterocycles. The SMILES string of the molecule is Cc1ccc2c(c1)c1c3n2CCN(CC(O)CNCCCN(C)C)C3CCC1.Cl.Cl.Cl.O.O.O. The summed E-state index contributed by atoms with van der Waals surface area (Å²) in [5, 5.41) is 15.5. The van der Waals surface area contributed by atoms with Crippen LogP contribution in [0.2, 0.25) is 0 Å². The first kappa shape index (κ1) is 37.9. The van der Waals surface area contributed by atoms with Crippen molar-refractivity contribution in [1.82, 2.24) is 19.7 Å². The first-order valence-electron chi connectivity index (χ1n) is 10.9. The number of nitrogens with zero attached hydrogens (tertiary/aromatic N) is 3. The maximum Gasteiger partial charge on any atom is 0.0791 e. The Kier molecular flexibility index (Phi) is 18.9. The molecule has 8 nitrogen and oxygen atoms in total. The summed E-state index contributed by atoms with van der Waals surface area (Å²) < 4.78 is 2.57. The second-order valence-corrected chi connectivity index (χ2v) is 8.95. The van der Waals surface area contributed by atoms with Crippen LogP contribution < -0.4 is 5.32 Å². The number of aromatic nitrogens is 1. The van der Waals surface area contributed by atoms with Gasteiger partial charge in [-0.2, -0.15) is 0 Å². The number of rotatable bonds is 8. The summed E-state index contributed by atoms with van der Waals surface area (Å²) >= 11 is 0. The molecule has 1 aromatic carbocycles. The zero-order valence-corrected chi connectivity index (χ0v) is 22.9. The Morgan fingerprint density at radius 3 is 2.50 bits per heavy atom. The van der Waals surface area contributed by atoms with Crippen LogP contribution in [0.3, 0.4) is 0 Å². The van der Waals surface area contributed by atoms with Gasteiger partial charge in [0.25, 0.3) is 0 Å². The molecule has 0 bridgehead atoms. The van der Waals surface area contributed by atoms with Gasteiger partial charge in [0.1, 0.15) is 0 Å². The lowest BCUT2D eigenvalue weighted by molar-refractivity contribution is 0.0641. The molecular formula is C23H45Cl3N4O4. The van der Waals surface area contributed by atoms with Crippen molar-refractivity contribution in [2.45, 2.75) is 51.3 Å². The van der Waals surface area contributed by atoms with Gasteiger partial charge in [-0.1, -0.05) is 11.6 Å². The highest BCUT2D eigenvalue weighted by atomic mass is 35.5. The largest absolute Gasteiger partial charge is 0.412 e. The van der Waals surface area contributed by atoms with Crippen molar-refractivity contribution in [3.05, 3.63) is 35.0 Å². The van der Waals surface area contributed by atoms with Crippen LogP contribution in [0.4, 0.5) is 0 Å². The van der Waals surface area contributed by atoms with E-state index in [1.807, 2.05) is 0 Å². The third kappa shape index (κ3) is 8.20. The van der Waals surface area contributed by atoms with Crippen LogP contribution in [0.25, 0.3) is 10.9 Å². The third-order valence-electron chi connectivity index (χ3n) is 6.42. The highest BCUT2D eigenvalue weighted by molar-refractivity contribution is 5.87. The minimum Gasteiger partial charge on any atom is -0.412 e. The smallest absolute Gasteiger partial charge is 0.0791 e. The standard InChI is InChI=1S/C23H36N4O.3ClH.3H2O/c1-17-8-9-21-20(14-17)19-6-4-7-22-23(19)27(21)13-12-26(22)16-18(28)15-24-10-5-11-25(2)3;;;;;;/h8-9,14,18,22,24,28H,4-7,10-13,15-16H2,1-3H3;3*1H;3*1H2. The van der Waals surface area contributed by atoms with E-state index in [-0.39, 0.29) is 59.8 Å². The van der Waals surface area contributed by atoms with Crippen LogP contribution in [0, 0.1) is 6.92 Å². The van der Waals surface area contributed by atoms with Gasteiger partial charge in [0.15, 0.2) is 0 Å². The van der Waals surface area contributed by atoms with Gasteiger partial charge in [-0.05, 0) is 77.5 Å². The number of hydrogen-bond acceptors (Lipinski definition) is 4. The lowest BCUT2D eigenvalue weighted by Gasteiger charge is -2.40. The summed E-state index contributed by atoms with van der Waals surface area (Å²) in [4.78, 5) is 4.74. The maximum absolute atomic E-state index is 10.6. The predicted molar refractivity (Wildman–Crippen MR) is 149 cm³/mol. The van der Waals surface area contributed by atoms with Gasteiger partial charge in [-0.25, -0.2) is 0 Å². The molecule has 34 heavy (non-hydrogen) atoms. The van der Waals surface area contributed by atoms with E-state index in [1.165, 1.54) is 41.4 Å². The van der Waals surface area contributed by atoms with E-state index in [0.29, 0.717) is 12.6 Å². The van der Waals surface area contributed by atoms with Crippen molar-refractivity contribution >= 4 is 48.1 Å². The molecule has 2 atom stereocenters. The minimum atomic E-state index is -0.303. The van der Waals surface area contributed by atoms with Gasteiger partial charge in [-0.15, -0.1) is 37.2 Å². The van der Waals surface area contributed by atoms with Gasteiger partial charge in [0, 0.05) is 42.8 Å². The second kappa shape index (κ2) is 16.9. The Morgan fingerprint density at radius 2 is 1.82 bits per heavy atom. The number of aliphatic hydroxyl groups is 1. The van der Waals surface area contributed by atoms with Crippen molar-refractivity contribution in [2.75, 3.05) is 46.8 Å². The Balaban J connectivity index is -0.00000160. The van der Waals surface area contributed by atoms with Crippen LogP contribution in [0.5, 0.6) is 0 Å². The average Bonchev–Trinajstić information content (AvgIpc) is 2.98. The number of fused-ring (bicyclic) bond motifs is 3. The lowest BCUT2D eigenvalue weighted by atomic mass is 9.89. The van der Waals surface area contributed by atoms with Crippen LogP contribution >= 0.6 is 37.2 Å². The van der Waals surface area contributed by atoms with Crippen LogP contribution in [-0.2, 0) is 13.0 Å². The second-order valence-electron chi connectivity index (χ2n) is 8.95. The van der Waals surface area contributed by atoms with E-state index in [1.54, 1.807) is 5.56 Å². The number of nitrogens with one attached hydrogen (secondary N) is 1. The molecule has 202 valence electrons. The molecule has 11 heteroatoms. The average molecular weight is 548 g/mol. The molecule has 0 fully saturated rings. The molecule has 2 heterocycles. The predicted octanol–water partition coefficient (Wildman–Crippen LogP) is 1.34. The van der Waals surface area contributed by atoms with Crippen LogP contribution in [0.15, 0.2) is 18.2 Å². The molecule has 0 saturated carbocycles. The number of aliphatic hydroxyl groups excluding tert-OH is 1. The Labute approximate surface area is 222 Å². The van der Waals surface area contributed by atoms with Gasteiger partial charge >= 0.3 is 0 Å². The Bertz CT molecular complexity index is 838. The van der Waals surface area contributed by atoms with Crippen LogP contribution in [0.1, 0.15) is 42.1 Å². The molecule has 4 rings (SSSR count). The Morgan fingerprint density at radius 1 is 1.12 bits per heavy atom. The van der Waals surface area contributed by atoms with Crippen molar-refractivity contribution in [1.29, 1.82) is 0 Å². The number of β-amino-alcohol motifs (C(OH)–C–C–N with tert-alkyl or cyclic N) is 1. The topological polar surface area (TPSA) is 138 Å². The van der Waals surface area contributed by atoms with E-state index in [4.69, 9.17) is 0 Å². The zero-order chi connectivity index (χ0) is 19.7. The molecule has 0 spiro atoms. The number of halogens is 3. The Hall–Kier alpha value is -0.650. The molecule has 8 N–H and O–H groups in total. The summed E-state index contributed by atoms with van der Waals surface area (Å²) in [6, 6.07) is 7.38. The molecular weight excluding hydrogens is 503 g/mol. The summed E-state index contributed by atoms with van der Waals surface area (Å²) in [6.45, 7) is 7.77. The maximum atomic E-state index is 10.6. The van der Waals surface area contributed by atoms with Crippen LogP contribution in [-0.4, -0.2) is 88.8 Å².